The van der Waals surface area contributed by atoms with Gasteiger partial charge in [0, 0.05) is 13.1 Å². The van der Waals surface area contributed by atoms with Crippen molar-refractivity contribution in [1.82, 2.24) is 10.2 Å². The molecule has 208 valence electrons. The molecule has 3 rings (SSSR count). The molecule has 0 heterocycles. The minimum atomic E-state index is -4.24. The number of carbonyl (C=O) groups is 2. The maximum atomic E-state index is 13.9. The van der Waals surface area contributed by atoms with Crippen molar-refractivity contribution in [2.75, 3.05) is 24.5 Å². The first-order valence-electron chi connectivity index (χ1n) is 12.3. The summed E-state index contributed by atoms with van der Waals surface area (Å²) in [6.45, 7) is 3.42. The van der Waals surface area contributed by atoms with Gasteiger partial charge in [0.25, 0.3) is 10.0 Å². The number of hydrogen-bond donors (Lipinski definition) is 1. The van der Waals surface area contributed by atoms with Crippen molar-refractivity contribution in [1.29, 1.82) is 0 Å². The molecule has 1 N–H and O–H groups in total. The highest BCUT2D eigenvalue weighted by Gasteiger charge is 2.33. The summed E-state index contributed by atoms with van der Waals surface area (Å²) >= 11 is 12.6. The number of benzene rings is 3. The van der Waals surface area contributed by atoms with E-state index in [1.54, 1.807) is 62.6 Å². The zero-order chi connectivity index (χ0) is 28.6. The number of carbonyl (C=O) groups excluding carboxylic acids is 2. The van der Waals surface area contributed by atoms with Crippen LogP contribution in [-0.2, 0) is 26.2 Å². The van der Waals surface area contributed by atoms with Crippen LogP contribution in [-0.4, -0.2) is 51.4 Å². The van der Waals surface area contributed by atoms with Crippen molar-refractivity contribution < 1.29 is 22.7 Å². The fraction of sp³-hybridized carbons (Fsp3) is 0.286. The van der Waals surface area contributed by atoms with Crippen LogP contribution in [0.3, 0.4) is 0 Å². The Balaban J connectivity index is 2.04. The second-order valence-corrected chi connectivity index (χ2v) is 11.4. The molecule has 8 nitrogen and oxygen atoms in total. The molecule has 0 fully saturated rings. The predicted molar refractivity (Wildman–Crippen MR) is 154 cm³/mol. The van der Waals surface area contributed by atoms with Crippen LogP contribution in [0.1, 0.15) is 25.8 Å². The minimum absolute atomic E-state index is 0.0121. The third kappa shape index (κ3) is 7.44. The molecule has 3 aromatic rings. The highest BCUT2D eigenvalue weighted by atomic mass is 35.5. The predicted octanol–water partition coefficient (Wildman–Crippen LogP) is 5.14. The highest BCUT2D eigenvalue weighted by Crippen LogP contribution is 2.35. The van der Waals surface area contributed by atoms with E-state index in [9.17, 15) is 18.0 Å². The van der Waals surface area contributed by atoms with Crippen LogP contribution in [0.5, 0.6) is 5.75 Å². The van der Waals surface area contributed by atoms with Crippen molar-refractivity contribution >= 4 is 50.7 Å². The van der Waals surface area contributed by atoms with Crippen molar-refractivity contribution in [2.45, 2.75) is 37.8 Å². The molecule has 0 aliphatic rings. The summed E-state index contributed by atoms with van der Waals surface area (Å²) < 4.78 is 33.7. The minimum Gasteiger partial charge on any atom is -0.497 e. The molecule has 0 aromatic heterocycles. The summed E-state index contributed by atoms with van der Waals surface area (Å²) in [6.07, 6.45) is 0.723. The van der Waals surface area contributed by atoms with Gasteiger partial charge in [0.05, 0.1) is 27.7 Å². The maximum Gasteiger partial charge on any atom is 0.264 e. The summed E-state index contributed by atoms with van der Waals surface area (Å²) in [6, 6.07) is 18.5. The number of ether oxygens (including phenoxy) is 1. The molecule has 1 unspecified atom stereocenters. The van der Waals surface area contributed by atoms with Gasteiger partial charge in [-0.1, -0.05) is 66.5 Å². The standard InChI is InChI=1S/C28H31Cl2N3O5S/c1-4-17-31-28(35)20(2)32(18-21-13-15-22(38-3)16-14-21)26(34)19-33(25-12-8-11-24(29)27(25)30)39(36,37)23-9-6-5-7-10-23/h5-16,20H,4,17-19H2,1-3H3,(H,31,35). The van der Waals surface area contributed by atoms with Crippen LogP contribution in [0.25, 0.3) is 0 Å². The SMILES string of the molecule is CCCNC(=O)C(C)N(Cc1ccc(OC)cc1)C(=O)CN(c1cccc(Cl)c1Cl)S(=O)(=O)c1ccccc1. The molecule has 0 saturated carbocycles. The summed E-state index contributed by atoms with van der Waals surface area (Å²) in [5.74, 6) is -0.307. The topological polar surface area (TPSA) is 96.0 Å². The fourth-order valence-electron chi connectivity index (χ4n) is 3.82. The molecule has 0 radical (unpaired) electrons. The Bertz CT molecular complexity index is 1390. The van der Waals surface area contributed by atoms with E-state index in [0.717, 1.165) is 16.3 Å². The molecular formula is C28H31Cl2N3O5S. The van der Waals surface area contributed by atoms with E-state index in [1.807, 2.05) is 6.92 Å². The van der Waals surface area contributed by atoms with Crippen LogP contribution in [0.2, 0.25) is 10.0 Å². The second-order valence-electron chi connectivity index (χ2n) is 8.73. The average molecular weight is 593 g/mol. The number of amides is 2. The van der Waals surface area contributed by atoms with Crippen LogP contribution in [0.4, 0.5) is 5.69 Å². The summed E-state index contributed by atoms with van der Waals surface area (Å²) in [5, 5.41) is 2.93. The zero-order valence-corrected chi connectivity index (χ0v) is 24.3. The first-order chi connectivity index (χ1) is 18.6. The van der Waals surface area contributed by atoms with E-state index in [2.05, 4.69) is 5.32 Å². The van der Waals surface area contributed by atoms with Gasteiger partial charge in [-0.05, 0) is 55.3 Å². The molecule has 0 saturated heterocycles. The smallest absolute Gasteiger partial charge is 0.264 e. The van der Waals surface area contributed by atoms with Crippen LogP contribution >= 0.6 is 23.2 Å². The molecular weight excluding hydrogens is 561 g/mol. The van der Waals surface area contributed by atoms with E-state index >= 15 is 0 Å². The molecule has 1 atom stereocenters. The summed E-state index contributed by atoms with van der Waals surface area (Å²) in [5.41, 5.74) is 0.784. The second kappa shape index (κ2) is 13.7. The maximum absolute atomic E-state index is 13.9. The Morgan fingerprint density at radius 2 is 1.64 bits per heavy atom. The molecule has 39 heavy (non-hydrogen) atoms. The van der Waals surface area contributed by atoms with Gasteiger partial charge in [-0.15, -0.1) is 0 Å². The van der Waals surface area contributed by atoms with E-state index < -0.39 is 28.5 Å². The van der Waals surface area contributed by atoms with Gasteiger partial charge in [-0.2, -0.15) is 0 Å². The lowest BCUT2D eigenvalue weighted by molar-refractivity contribution is -0.139. The third-order valence-corrected chi connectivity index (χ3v) is 8.62. The number of nitrogens with zero attached hydrogens (tertiary/aromatic N) is 2. The van der Waals surface area contributed by atoms with Gasteiger partial charge >= 0.3 is 0 Å². The third-order valence-electron chi connectivity index (χ3n) is 6.04. The van der Waals surface area contributed by atoms with Crippen molar-refractivity contribution in [2.24, 2.45) is 0 Å². The molecule has 2 amide bonds. The Morgan fingerprint density at radius 1 is 0.974 bits per heavy atom. The Hall–Kier alpha value is -3.27. The Labute approximate surface area is 239 Å². The van der Waals surface area contributed by atoms with Crippen molar-refractivity contribution in [3.63, 3.8) is 0 Å². The summed E-state index contributed by atoms with van der Waals surface area (Å²) in [4.78, 5) is 28.1. The van der Waals surface area contributed by atoms with Gasteiger partial charge in [-0.3, -0.25) is 13.9 Å². The zero-order valence-electron chi connectivity index (χ0n) is 21.9. The largest absolute Gasteiger partial charge is 0.497 e. The number of halogens is 2. The normalized spacial score (nSPS) is 11.9. The van der Waals surface area contributed by atoms with E-state index in [1.165, 1.54) is 29.2 Å². The monoisotopic (exact) mass is 591 g/mol. The summed E-state index contributed by atoms with van der Waals surface area (Å²) in [7, 11) is -2.69. The molecule has 3 aromatic carbocycles. The molecule has 0 aliphatic carbocycles. The number of nitrogens with one attached hydrogen (secondary N) is 1. The quantitative estimate of drug-likeness (QED) is 0.314. The van der Waals surface area contributed by atoms with E-state index in [4.69, 9.17) is 27.9 Å². The fourth-order valence-corrected chi connectivity index (χ4v) is 5.72. The number of anilines is 1. The first-order valence-corrected chi connectivity index (χ1v) is 14.5. The van der Waals surface area contributed by atoms with Gasteiger partial charge in [0.2, 0.25) is 11.8 Å². The van der Waals surface area contributed by atoms with E-state index in [0.29, 0.717) is 12.3 Å². The van der Waals surface area contributed by atoms with Crippen molar-refractivity contribution in [3.05, 3.63) is 88.4 Å². The molecule has 0 aliphatic heterocycles. The average Bonchev–Trinajstić information content (AvgIpc) is 2.95. The number of hydrogen-bond acceptors (Lipinski definition) is 5. The number of sulfonamides is 1. The lowest BCUT2D eigenvalue weighted by Gasteiger charge is -2.32. The molecule has 11 heteroatoms. The first kappa shape index (κ1) is 30.3. The Kier molecular flexibility index (Phi) is 10.6. The number of rotatable bonds is 12. The van der Waals surface area contributed by atoms with Crippen LogP contribution < -0.4 is 14.4 Å². The van der Waals surface area contributed by atoms with Crippen LogP contribution in [0, 0.1) is 0 Å². The Morgan fingerprint density at radius 3 is 2.26 bits per heavy atom. The van der Waals surface area contributed by atoms with Crippen molar-refractivity contribution in [3.8, 4) is 5.75 Å². The van der Waals surface area contributed by atoms with Crippen LogP contribution in [0.15, 0.2) is 77.7 Å². The lowest BCUT2D eigenvalue weighted by atomic mass is 10.1. The molecule has 0 spiro atoms. The van der Waals surface area contributed by atoms with Gasteiger partial charge < -0.3 is 15.0 Å². The highest BCUT2D eigenvalue weighted by molar-refractivity contribution is 7.92. The van der Waals surface area contributed by atoms with Gasteiger partial charge in [0.1, 0.15) is 18.3 Å². The molecule has 0 bridgehead atoms. The lowest BCUT2D eigenvalue weighted by Crippen LogP contribution is -2.51. The van der Waals surface area contributed by atoms with Gasteiger partial charge in [0.15, 0.2) is 0 Å². The van der Waals surface area contributed by atoms with Gasteiger partial charge in [-0.25, -0.2) is 8.42 Å². The number of methoxy groups -OCH3 is 1. The van der Waals surface area contributed by atoms with E-state index in [-0.39, 0.29) is 33.1 Å².